The van der Waals surface area contributed by atoms with Gasteiger partial charge in [-0.1, -0.05) is 11.6 Å². The lowest BCUT2D eigenvalue weighted by atomic mass is 9.63. The normalized spacial score (nSPS) is 18.3. The minimum absolute atomic E-state index is 0.0913. The number of hydrogen-bond donors (Lipinski definition) is 1. The summed E-state index contributed by atoms with van der Waals surface area (Å²) < 4.78 is 70.7. The Balaban J connectivity index is 1.38. The van der Waals surface area contributed by atoms with E-state index in [4.69, 9.17) is 16.3 Å². The number of amides is 1. The number of carbonyl (C=O) groups excluding carboxylic acids is 1. The zero-order valence-corrected chi connectivity index (χ0v) is 23.1. The van der Waals surface area contributed by atoms with Crippen molar-refractivity contribution in [3.05, 3.63) is 40.7 Å². The van der Waals surface area contributed by atoms with Gasteiger partial charge >= 0.3 is 12.3 Å². The Morgan fingerprint density at radius 3 is 2.34 bits per heavy atom. The van der Waals surface area contributed by atoms with Gasteiger partial charge in [0.05, 0.1) is 10.1 Å². The molecule has 1 saturated heterocycles. The molecule has 1 spiro atoms. The molecule has 2 heterocycles. The number of aromatic nitrogens is 2. The van der Waals surface area contributed by atoms with E-state index in [1.807, 2.05) is 20.8 Å². The van der Waals surface area contributed by atoms with E-state index in [9.17, 15) is 26.4 Å². The number of carbonyl (C=O) groups is 1. The van der Waals surface area contributed by atoms with Crippen LogP contribution in [-0.4, -0.2) is 53.3 Å². The number of alkyl halides is 3. The first-order valence-corrected chi connectivity index (χ1v) is 14.1. The summed E-state index contributed by atoms with van der Waals surface area (Å²) in [6, 6.07) is 4.52. The summed E-state index contributed by atoms with van der Waals surface area (Å²) in [4.78, 5) is 21.5. The Hall–Kier alpha value is -2.60. The molecule has 208 valence electrons. The molecule has 0 atom stereocenters. The van der Waals surface area contributed by atoms with Crippen LogP contribution in [-0.2, 0) is 20.8 Å². The number of ether oxygens (including phenoxy) is 1. The molecule has 13 heteroatoms. The number of hydrogen-bond acceptors (Lipinski definition) is 7. The number of benzene rings is 1. The van der Waals surface area contributed by atoms with Crippen LogP contribution in [0, 0.1) is 12.3 Å². The molecule has 0 bridgehead atoms. The van der Waals surface area contributed by atoms with Gasteiger partial charge in [0.2, 0.25) is 5.95 Å². The van der Waals surface area contributed by atoms with Gasteiger partial charge in [-0.15, -0.1) is 0 Å². The molecule has 1 saturated carbocycles. The van der Waals surface area contributed by atoms with Crippen molar-refractivity contribution >= 4 is 39.2 Å². The van der Waals surface area contributed by atoms with E-state index in [1.165, 1.54) is 18.2 Å². The number of anilines is 2. The van der Waals surface area contributed by atoms with E-state index in [0.29, 0.717) is 43.4 Å². The van der Waals surface area contributed by atoms with E-state index in [2.05, 4.69) is 15.3 Å². The average Bonchev–Trinajstić information content (AvgIpc) is 2.77. The van der Waals surface area contributed by atoms with E-state index in [0.717, 1.165) is 12.8 Å². The van der Waals surface area contributed by atoms with Crippen molar-refractivity contribution in [2.45, 2.75) is 75.3 Å². The summed E-state index contributed by atoms with van der Waals surface area (Å²) in [5.74, 6) is -0.139. The molecule has 38 heavy (non-hydrogen) atoms. The van der Waals surface area contributed by atoms with Crippen LogP contribution in [0.1, 0.15) is 57.6 Å². The van der Waals surface area contributed by atoms with Gasteiger partial charge in [-0.2, -0.15) is 13.2 Å². The maximum Gasteiger partial charge on any atom is 0.420 e. The van der Waals surface area contributed by atoms with Crippen LogP contribution in [0.4, 0.5) is 29.6 Å². The monoisotopic (exact) mass is 574 g/mol. The van der Waals surface area contributed by atoms with Gasteiger partial charge in [0.1, 0.15) is 16.3 Å². The van der Waals surface area contributed by atoms with Crippen LogP contribution in [0.15, 0.2) is 29.3 Å². The highest BCUT2D eigenvalue weighted by molar-refractivity contribution is 7.92. The highest BCUT2D eigenvalue weighted by Gasteiger charge is 2.51. The first kappa shape index (κ1) is 28.4. The van der Waals surface area contributed by atoms with Crippen LogP contribution in [0.2, 0.25) is 5.15 Å². The number of nitrogens with zero attached hydrogens (tertiary/aromatic N) is 3. The molecule has 0 radical (unpaired) electrons. The molecule has 1 aromatic heterocycles. The van der Waals surface area contributed by atoms with E-state index >= 15 is 0 Å². The van der Waals surface area contributed by atoms with Crippen LogP contribution in [0.3, 0.4) is 0 Å². The van der Waals surface area contributed by atoms with Crippen molar-refractivity contribution in [1.82, 2.24) is 14.9 Å². The minimum Gasteiger partial charge on any atom is -0.444 e. The molecule has 8 nitrogen and oxygen atoms in total. The standard InChI is InChI=1S/C25H30ClF3N4O4S/c1-15-11-16(5-6-19(15)31-21-30-14-18(20(26)32-21)25(27,28)29)38(35,36)17-12-24(13-17)7-9-33(10-8-24)22(34)37-23(2,3)4/h5-6,11,14,17H,7-10,12-13H2,1-4H3,(H,30,31,32). The fraction of sp³-hybridized carbons (Fsp3) is 0.560. The third-order valence-corrected chi connectivity index (χ3v) is 9.47. The molecule has 1 N–H and O–H groups in total. The molecule has 2 aromatic rings. The largest absolute Gasteiger partial charge is 0.444 e. The lowest BCUT2D eigenvalue weighted by molar-refractivity contribution is -0.137. The summed E-state index contributed by atoms with van der Waals surface area (Å²) >= 11 is 5.66. The fourth-order valence-electron chi connectivity index (χ4n) is 4.90. The second kappa shape index (κ2) is 9.86. The molecular formula is C25H30ClF3N4O4S. The number of nitrogens with one attached hydrogen (secondary N) is 1. The number of aryl methyl sites for hydroxylation is 1. The topological polar surface area (TPSA) is 101 Å². The van der Waals surface area contributed by atoms with Gasteiger partial charge in [-0.3, -0.25) is 0 Å². The van der Waals surface area contributed by atoms with Gasteiger partial charge < -0.3 is 15.0 Å². The van der Waals surface area contributed by atoms with E-state index in [-0.39, 0.29) is 22.4 Å². The second-order valence-corrected chi connectivity index (χ2v) is 13.6. The molecule has 2 fully saturated rings. The van der Waals surface area contributed by atoms with Crippen molar-refractivity contribution in [3.8, 4) is 0 Å². The summed E-state index contributed by atoms with van der Waals surface area (Å²) in [5, 5.41) is 1.55. The third kappa shape index (κ3) is 6.01. The maximum atomic E-state index is 13.3. The predicted octanol–water partition coefficient (Wildman–Crippen LogP) is 6.15. The van der Waals surface area contributed by atoms with Gasteiger partial charge in [0.15, 0.2) is 9.84 Å². The predicted molar refractivity (Wildman–Crippen MR) is 136 cm³/mol. The summed E-state index contributed by atoms with van der Waals surface area (Å²) in [6.45, 7) is 8.22. The molecule has 1 amide bonds. The maximum absolute atomic E-state index is 13.3. The quantitative estimate of drug-likeness (QED) is 0.437. The van der Waals surface area contributed by atoms with Gasteiger partial charge in [0.25, 0.3) is 0 Å². The van der Waals surface area contributed by atoms with Crippen LogP contribution >= 0.6 is 11.6 Å². The molecule has 0 unspecified atom stereocenters. The Bertz CT molecular complexity index is 1330. The Labute approximate surface area is 224 Å². The Morgan fingerprint density at radius 2 is 1.82 bits per heavy atom. The number of likely N-dealkylation sites (tertiary alicyclic amines) is 1. The number of halogens is 4. The highest BCUT2D eigenvalue weighted by atomic mass is 35.5. The second-order valence-electron chi connectivity index (χ2n) is 11.0. The summed E-state index contributed by atoms with van der Waals surface area (Å²) in [7, 11) is -3.58. The SMILES string of the molecule is Cc1cc(S(=O)(=O)C2CC3(CCN(C(=O)OC(C)(C)C)CC3)C2)ccc1Nc1ncc(C(F)(F)F)c(Cl)n1. The van der Waals surface area contributed by atoms with Crippen molar-refractivity contribution < 1.29 is 31.1 Å². The zero-order chi connectivity index (χ0) is 28.1. The Morgan fingerprint density at radius 1 is 1.18 bits per heavy atom. The summed E-state index contributed by atoms with van der Waals surface area (Å²) in [5.41, 5.74) is -0.795. The molecule has 1 aliphatic carbocycles. The molecule has 1 aromatic carbocycles. The van der Waals surface area contributed by atoms with E-state index < -0.39 is 37.6 Å². The molecular weight excluding hydrogens is 545 g/mol. The lowest BCUT2D eigenvalue weighted by Gasteiger charge is -2.51. The van der Waals surface area contributed by atoms with Gasteiger partial charge in [0, 0.05) is 25.0 Å². The number of rotatable bonds is 4. The average molecular weight is 575 g/mol. The smallest absolute Gasteiger partial charge is 0.420 e. The van der Waals surface area contributed by atoms with Gasteiger partial charge in [-0.05, 0) is 82.6 Å². The third-order valence-electron chi connectivity index (χ3n) is 7.06. The first-order chi connectivity index (χ1) is 17.5. The van der Waals surface area contributed by atoms with Crippen molar-refractivity contribution in [3.63, 3.8) is 0 Å². The van der Waals surface area contributed by atoms with E-state index in [1.54, 1.807) is 11.8 Å². The molecule has 2 aliphatic rings. The van der Waals surface area contributed by atoms with Crippen molar-refractivity contribution in [2.75, 3.05) is 18.4 Å². The van der Waals surface area contributed by atoms with Crippen LogP contribution < -0.4 is 5.32 Å². The van der Waals surface area contributed by atoms with Crippen molar-refractivity contribution in [2.24, 2.45) is 5.41 Å². The first-order valence-electron chi connectivity index (χ1n) is 12.2. The van der Waals surface area contributed by atoms with Crippen LogP contribution in [0.25, 0.3) is 0 Å². The Kier molecular flexibility index (Phi) is 7.37. The highest BCUT2D eigenvalue weighted by Crippen LogP contribution is 2.53. The number of piperidine rings is 1. The van der Waals surface area contributed by atoms with Crippen LogP contribution in [0.5, 0.6) is 0 Å². The lowest BCUT2D eigenvalue weighted by Crippen LogP contribution is -2.53. The number of sulfone groups is 1. The molecule has 4 rings (SSSR count). The summed E-state index contributed by atoms with van der Waals surface area (Å²) in [6.07, 6.45) is -1.88. The molecule has 1 aliphatic heterocycles. The minimum atomic E-state index is -4.67. The van der Waals surface area contributed by atoms with Gasteiger partial charge in [-0.25, -0.2) is 23.2 Å². The fourth-order valence-corrected chi connectivity index (χ4v) is 7.27. The van der Waals surface area contributed by atoms with Crippen molar-refractivity contribution in [1.29, 1.82) is 0 Å². The zero-order valence-electron chi connectivity index (χ0n) is 21.5.